The topological polar surface area (TPSA) is 102 Å². The zero-order valence-electron chi connectivity index (χ0n) is 11.2. The summed E-state index contributed by atoms with van der Waals surface area (Å²) in [4.78, 5) is 10.5. The SMILES string of the molecule is CCOC(CNS(=O)(=O)c1ccsc1C(=O)O)OCC. The van der Waals surface area contributed by atoms with Crippen molar-refractivity contribution < 1.29 is 27.8 Å². The molecule has 0 aliphatic carbocycles. The third-order valence-electron chi connectivity index (χ3n) is 2.26. The Kier molecular flexibility index (Phi) is 6.56. The maximum Gasteiger partial charge on any atom is 0.347 e. The van der Waals surface area contributed by atoms with E-state index in [1.54, 1.807) is 13.8 Å². The molecule has 1 rings (SSSR count). The number of carbonyl (C=O) groups is 1. The number of hydrogen-bond donors (Lipinski definition) is 2. The van der Waals surface area contributed by atoms with Gasteiger partial charge in [0.25, 0.3) is 0 Å². The fourth-order valence-electron chi connectivity index (χ4n) is 1.46. The van der Waals surface area contributed by atoms with Crippen molar-refractivity contribution in [1.29, 1.82) is 0 Å². The normalized spacial score (nSPS) is 11.9. The molecule has 1 aromatic heterocycles. The van der Waals surface area contributed by atoms with Gasteiger partial charge in [-0.1, -0.05) is 0 Å². The average Bonchev–Trinajstić information content (AvgIpc) is 2.87. The molecule has 2 N–H and O–H groups in total. The molecule has 0 amide bonds. The van der Waals surface area contributed by atoms with Gasteiger partial charge in [-0.15, -0.1) is 11.3 Å². The molecule has 0 fully saturated rings. The Morgan fingerprint density at radius 1 is 1.40 bits per heavy atom. The molecule has 0 aliphatic heterocycles. The number of sulfonamides is 1. The van der Waals surface area contributed by atoms with Crippen molar-refractivity contribution >= 4 is 27.3 Å². The molecule has 0 bridgehead atoms. The lowest BCUT2D eigenvalue weighted by molar-refractivity contribution is -0.130. The van der Waals surface area contributed by atoms with E-state index in [1.165, 1.54) is 11.4 Å². The number of rotatable bonds is 9. The van der Waals surface area contributed by atoms with Crippen LogP contribution in [0.5, 0.6) is 0 Å². The molecule has 1 aromatic rings. The Labute approximate surface area is 121 Å². The summed E-state index contributed by atoms with van der Waals surface area (Å²) in [5, 5.41) is 10.3. The summed E-state index contributed by atoms with van der Waals surface area (Å²) in [5.41, 5.74) is 0. The molecule has 0 unspecified atom stereocenters. The number of ether oxygens (including phenoxy) is 2. The van der Waals surface area contributed by atoms with Crippen molar-refractivity contribution in [3.63, 3.8) is 0 Å². The first-order chi connectivity index (χ1) is 9.42. The zero-order valence-corrected chi connectivity index (χ0v) is 12.8. The number of hydrogen-bond acceptors (Lipinski definition) is 6. The van der Waals surface area contributed by atoms with Gasteiger partial charge in [-0.05, 0) is 25.3 Å². The molecule has 9 heteroatoms. The third kappa shape index (κ3) is 4.53. The van der Waals surface area contributed by atoms with Crippen LogP contribution in [0.1, 0.15) is 23.5 Å². The van der Waals surface area contributed by atoms with Gasteiger partial charge in [0, 0.05) is 13.2 Å². The summed E-state index contributed by atoms with van der Waals surface area (Å²) in [7, 11) is -3.90. The summed E-state index contributed by atoms with van der Waals surface area (Å²) >= 11 is 0.858. The standard InChI is InChI=1S/C11H17NO6S2/c1-3-17-9(18-4-2)7-12-20(15,16)8-5-6-19-10(8)11(13)14/h5-6,9,12H,3-4,7H2,1-2H3,(H,13,14). The van der Waals surface area contributed by atoms with E-state index in [4.69, 9.17) is 14.6 Å². The van der Waals surface area contributed by atoms with E-state index in [0.29, 0.717) is 13.2 Å². The lowest BCUT2D eigenvalue weighted by Crippen LogP contribution is -2.35. The molecular weight excluding hydrogens is 306 g/mol. The van der Waals surface area contributed by atoms with Crippen molar-refractivity contribution in [3.05, 3.63) is 16.3 Å². The molecule has 0 aromatic carbocycles. The maximum atomic E-state index is 12.1. The van der Waals surface area contributed by atoms with Crippen LogP contribution in [0.15, 0.2) is 16.3 Å². The van der Waals surface area contributed by atoms with Crippen LogP contribution in [-0.2, 0) is 19.5 Å². The molecule has 114 valence electrons. The van der Waals surface area contributed by atoms with Crippen LogP contribution in [0, 0.1) is 0 Å². The predicted molar refractivity (Wildman–Crippen MR) is 73.5 cm³/mol. The van der Waals surface area contributed by atoms with Crippen LogP contribution in [0.3, 0.4) is 0 Å². The first-order valence-electron chi connectivity index (χ1n) is 5.96. The maximum absolute atomic E-state index is 12.1. The number of carboxylic acids is 1. The van der Waals surface area contributed by atoms with Crippen LogP contribution >= 0.6 is 11.3 Å². The van der Waals surface area contributed by atoms with E-state index in [-0.39, 0.29) is 16.3 Å². The molecule has 0 saturated heterocycles. The first kappa shape index (κ1) is 17.1. The number of carboxylic acid groups (broad SMARTS) is 1. The van der Waals surface area contributed by atoms with E-state index < -0.39 is 22.3 Å². The van der Waals surface area contributed by atoms with Crippen LogP contribution in [-0.4, -0.2) is 45.5 Å². The van der Waals surface area contributed by atoms with Crippen molar-refractivity contribution in [1.82, 2.24) is 4.72 Å². The molecular formula is C11H17NO6S2. The molecule has 7 nitrogen and oxygen atoms in total. The van der Waals surface area contributed by atoms with Gasteiger partial charge in [0.2, 0.25) is 10.0 Å². The minimum Gasteiger partial charge on any atom is -0.477 e. The summed E-state index contributed by atoms with van der Waals surface area (Å²) in [6.45, 7) is 4.21. The van der Waals surface area contributed by atoms with Crippen molar-refractivity contribution in [3.8, 4) is 0 Å². The molecule has 0 saturated carbocycles. The van der Waals surface area contributed by atoms with E-state index in [9.17, 15) is 13.2 Å². The Morgan fingerprint density at radius 3 is 2.50 bits per heavy atom. The number of aromatic carboxylic acids is 1. The lowest BCUT2D eigenvalue weighted by Gasteiger charge is -2.17. The molecule has 0 spiro atoms. The number of thiophene rings is 1. The quantitative estimate of drug-likeness (QED) is 0.660. The van der Waals surface area contributed by atoms with Gasteiger partial charge in [0.15, 0.2) is 6.29 Å². The van der Waals surface area contributed by atoms with E-state index in [2.05, 4.69) is 4.72 Å². The highest BCUT2D eigenvalue weighted by atomic mass is 32.2. The monoisotopic (exact) mass is 323 g/mol. The van der Waals surface area contributed by atoms with Gasteiger partial charge in [-0.3, -0.25) is 0 Å². The van der Waals surface area contributed by atoms with Crippen LogP contribution in [0.25, 0.3) is 0 Å². The largest absolute Gasteiger partial charge is 0.477 e. The minimum atomic E-state index is -3.90. The highest BCUT2D eigenvalue weighted by molar-refractivity contribution is 7.89. The van der Waals surface area contributed by atoms with Crippen molar-refractivity contribution in [2.45, 2.75) is 25.0 Å². The van der Waals surface area contributed by atoms with Crippen LogP contribution < -0.4 is 4.72 Å². The summed E-state index contributed by atoms with van der Waals surface area (Å²) in [6.07, 6.45) is -0.702. The van der Waals surface area contributed by atoms with Gasteiger partial charge in [-0.2, -0.15) is 0 Å². The summed E-state index contributed by atoms with van der Waals surface area (Å²) in [6, 6.07) is 1.26. The molecule has 20 heavy (non-hydrogen) atoms. The van der Waals surface area contributed by atoms with Gasteiger partial charge >= 0.3 is 5.97 Å². The van der Waals surface area contributed by atoms with Gasteiger partial charge in [0.1, 0.15) is 9.77 Å². The lowest BCUT2D eigenvalue weighted by atomic mass is 10.5. The Morgan fingerprint density at radius 2 is 2.00 bits per heavy atom. The van der Waals surface area contributed by atoms with Crippen molar-refractivity contribution in [2.24, 2.45) is 0 Å². The Hall–Kier alpha value is -1.00. The van der Waals surface area contributed by atoms with Gasteiger partial charge in [-0.25, -0.2) is 17.9 Å². The van der Waals surface area contributed by atoms with E-state index >= 15 is 0 Å². The summed E-state index contributed by atoms with van der Waals surface area (Å²) in [5.74, 6) is -1.27. The summed E-state index contributed by atoms with van der Waals surface area (Å²) < 4.78 is 36.8. The predicted octanol–water partition coefficient (Wildman–Crippen LogP) is 1.12. The van der Waals surface area contributed by atoms with Crippen LogP contribution in [0.4, 0.5) is 0 Å². The van der Waals surface area contributed by atoms with Gasteiger partial charge < -0.3 is 14.6 Å². The first-order valence-corrected chi connectivity index (χ1v) is 8.32. The average molecular weight is 323 g/mol. The molecule has 0 aliphatic rings. The Bertz CT molecular complexity index is 533. The second kappa shape index (κ2) is 7.70. The zero-order chi connectivity index (χ0) is 15.2. The fraction of sp³-hybridized carbons (Fsp3) is 0.545. The van der Waals surface area contributed by atoms with Crippen LogP contribution in [0.2, 0.25) is 0 Å². The smallest absolute Gasteiger partial charge is 0.347 e. The highest BCUT2D eigenvalue weighted by Gasteiger charge is 2.24. The van der Waals surface area contributed by atoms with E-state index in [0.717, 1.165) is 11.3 Å². The van der Waals surface area contributed by atoms with E-state index in [1.807, 2.05) is 0 Å². The highest BCUT2D eigenvalue weighted by Crippen LogP contribution is 2.21. The Balaban J connectivity index is 2.79. The van der Waals surface area contributed by atoms with Crippen molar-refractivity contribution in [2.75, 3.05) is 19.8 Å². The van der Waals surface area contributed by atoms with Gasteiger partial charge in [0.05, 0.1) is 6.54 Å². The second-order valence-electron chi connectivity index (χ2n) is 3.61. The second-order valence-corrected chi connectivity index (χ2v) is 6.26. The minimum absolute atomic E-state index is 0.0844. The fourth-order valence-corrected chi connectivity index (χ4v) is 3.73. The molecule has 0 atom stereocenters. The third-order valence-corrected chi connectivity index (χ3v) is 4.76. The number of nitrogens with one attached hydrogen (secondary N) is 1. The molecule has 1 heterocycles. The molecule has 0 radical (unpaired) electrons.